The van der Waals surface area contributed by atoms with Crippen molar-refractivity contribution in [2.75, 3.05) is 0 Å². The second-order valence-electron chi connectivity index (χ2n) is 2.89. The predicted octanol–water partition coefficient (Wildman–Crippen LogP) is 3.27. The van der Waals surface area contributed by atoms with Crippen LogP contribution in [0.15, 0.2) is 39.4 Å². The topological polar surface area (TPSA) is 45.5 Å². The molecule has 1 heterocycles. The molecule has 3 nitrogen and oxygen atoms in total. The Bertz CT molecular complexity index is 528. The smallest absolute Gasteiger partial charge is 0.148 e. The van der Waals surface area contributed by atoms with Gasteiger partial charge in [0.2, 0.25) is 0 Å². The first-order chi connectivity index (χ1) is 7.74. The number of thiazole rings is 1. The Morgan fingerprint density at radius 3 is 2.94 bits per heavy atom. The minimum atomic E-state index is -0.467. The quantitative estimate of drug-likeness (QED) is 0.525. The normalized spacial score (nSPS) is 11.8. The lowest BCUT2D eigenvalue weighted by atomic mass is 10.1. The molecular weight excluding hydrogens is 295 g/mol. The zero-order valence-corrected chi connectivity index (χ0v) is 10.3. The molecule has 0 saturated carbocycles. The first-order valence-corrected chi connectivity index (χ1v) is 5.97. The molecule has 0 aliphatic heterocycles. The molecule has 0 fully saturated rings. The summed E-state index contributed by atoms with van der Waals surface area (Å²) in [5.74, 6) is -0.467. The second kappa shape index (κ2) is 4.71. The van der Waals surface area contributed by atoms with Crippen LogP contribution in [-0.4, -0.2) is 15.9 Å². The summed E-state index contributed by atoms with van der Waals surface area (Å²) in [7, 11) is 0. The van der Waals surface area contributed by atoms with Crippen LogP contribution in [0.3, 0.4) is 0 Å². The SMILES string of the molecule is O/N=C(/c1nccs1)c1cccc(Br)c1F. The predicted molar refractivity (Wildman–Crippen MR) is 63.6 cm³/mol. The third-order valence-electron chi connectivity index (χ3n) is 1.94. The summed E-state index contributed by atoms with van der Waals surface area (Å²) in [6.07, 6.45) is 1.57. The molecule has 16 heavy (non-hydrogen) atoms. The lowest BCUT2D eigenvalue weighted by Crippen LogP contribution is -2.06. The molecule has 1 aromatic heterocycles. The highest BCUT2D eigenvalue weighted by Crippen LogP contribution is 2.22. The number of nitrogens with zero attached hydrogens (tertiary/aromatic N) is 2. The molecule has 2 rings (SSSR count). The van der Waals surface area contributed by atoms with Crippen molar-refractivity contribution in [2.24, 2.45) is 5.16 Å². The zero-order chi connectivity index (χ0) is 11.5. The minimum absolute atomic E-state index is 0.133. The van der Waals surface area contributed by atoms with Gasteiger partial charge in [-0.2, -0.15) is 0 Å². The number of hydrogen-bond acceptors (Lipinski definition) is 4. The van der Waals surface area contributed by atoms with Gasteiger partial charge in [0.25, 0.3) is 0 Å². The van der Waals surface area contributed by atoms with Crippen LogP contribution in [0, 0.1) is 5.82 Å². The van der Waals surface area contributed by atoms with Crippen molar-refractivity contribution in [3.63, 3.8) is 0 Å². The molecule has 6 heteroatoms. The van der Waals surface area contributed by atoms with Crippen molar-refractivity contribution in [1.29, 1.82) is 0 Å². The van der Waals surface area contributed by atoms with Gasteiger partial charge >= 0.3 is 0 Å². The molecule has 0 bridgehead atoms. The van der Waals surface area contributed by atoms with Gasteiger partial charge < -0.3 is 5.21 Å². The molecule has 0 atom stereocenters. The Hall–Kier alpha value is -1.27. The van der Waals surface area contributed by atoms with E-state index >= 15 is 0 Å². The minimum Gasteiger partial charge on any atom is -0.410 e. The van der Waals surface area contributed by atoms with E-state index in [4.69, 9.17) is 5.21 Å². The lowest BCUT2D eigenvalue weighted by molar-refractivity contribution is 0.319. The number of oxime groups is 1. The highest BCUT2D eigenvalue weighted by atomic mass is 79.9. The van der Waals surface area contributed by atoms with Crippen LogP contribution in [0.1, 0.15) is 10.6 Å². The van der Waals surface area contributed by atoms with Gasteiger partial charge in [0, 0.05) is 17.1 Å². The van der Waals surface area contributed by atoms with Crippen molar-refractivity contribution < 1.29 is 9.60 Å². The van der Waals surface area contributed by atoms with Crippen molar-refractivity contribution in [1.82, 2.24) is 4.98 Å². The Balaban J connectivity index is 2.55. The number of rotatable bonds is 2. The lowest BCUT2D eigenvalue weighted by Gasteiger charge is -2.04. The molecule has 0 saturated heterocycles. The fraction of sp³-hybridized carbons (Fsp3) is 0. The zero-order valence-electron chi connectivity index (χ0n) is 7.89. The van der Waals surface area contributed by atoms with Crippen LogP contribution >= 0.6 is 27.3 Å². The third kappa shape index (κ3) is 1.98. The molecule has 0 aliphatic carbocycles. The van der Waals surface area contributed by atoms with E-state index in [2.05, 4.69) is 26.1 Å². The van der Waals surface area contributed by atoms with E-state index in [0.717, 1.165) is 0 Å². The summed E-state index contributed by atoms with van der Waals surface area (Å²) in [5, 5.41) is 14.2. The summed E-state index contributed by atoms with van der Waals surface area (Å²) in [6, 6.07) is 4.79. The van der Waals surface area contributed by atoms with Gasteiger partial charge in [0.15, 0.2) is 0 Å². The van der Waals surface area contributed by atoms with Gasteiger partial charge in [0.05, 0.1) is 4.47 Å². The van der Waals surface area contributed by atoms with Crippen molar-refractivity contribution in [3.05, 3.63) is 50.6 Å². The Morgan fingerprint density at radius 2 is 2.31 bits per heavy atom. The third-order valence-corrected chi connectivity index (χ3v) is 3.33. The summed E-state index contributed by atoms with van der Waals surface area (Å²) in [6.45, 7) is 0. The molecule has 0 unspecified atom stereocenters. The average molecular weight is 301 g/mol. The monoisotopic (exact) mass is 300 g/mol. The van der Waals surface area contributed by atoms with Crippen LogP contribution in [0.5, 0.6) is 0 Å². The summed E-state index contributed by atoms with van der Waals surface area (Å²) in [4.78, 5) is 3.98. The molecule has 1 N–H and O–H groups in total. The summed E-state index contributed by atoms with van der Waals surface area (Å²) < 4.78 is 14.1. The van der Waals surface area contributed by atoms with Gasteiger partial charge in [-0.25, -0.2) is 9.37 Å². The molecule has 2 aromatic rings. The molecule has 1 aromatic carbocycles. The van der Waals surface area contributed by atoms with Crippen LogP contribution in [-0.2, 0) is 0 Å². The first-order valence-electron chi connectivity index (χ1n) is 4.30. The highest BCUT2D eigenvalue weighted by Gasteiger charge is 2.16. The van der Waals surface area contributed by atoms with Crippen molar-refractivity contribution in [2.45, 2.75) is 0 Å². The maximum Gasteiger partial charge on any atom is 0.148 e. The van der Waals surface area contributed by atoms with E-state index in [9.17, 15) is 4.39 Å². The van der Waals surface area contributed by atoms with Crippen molar-refractivity contribution >= 4 is 33.0 Å². The molecule has 82 valence electrons. The Kier molecular flexibility index (Phi) is 3.31. The molecule has 0 amide bonds. The van der Waals surface area contributed by atoms with Crippen LogP contribution in [0.25, 0.3) is 0 Å². The summed E-state index contributed by atoms with van der Waals surface area (Å²) >= 11 is 4.36. The number of hydrogen-bond donors (Lipinski definition) is 1. The van der Waals surface area contributed by atoms with Crippen molar-refractivity contribution in [3.8, 4) is 0 Å². The second-order valence-corrected chi connectivity index (χ2v) is 4.64. The highest BCUT2D eigenvalue weighted by molar-refractivity contribution is 9.10. The van der Waals surface area contributed by atoms with E-state index in [1.165, 1.54) is 17.4 Å². The maximum absolute atomic E-state index is 13.8. The molecular formula is C10H6BrFN2OS. The van der Waals surface area contributed by atoms with Gasteiger partial charge in [-0.05, 0) is 28.1 Å². The fourth-order valence-electron chi connectivity index (χ4n) is 1.24. The Labute approximate surface area is 103 Å². The molecule has 0 aliphatic rings. The summed E-state index contributed by atoms with van der Waals surface area (Å²) in [5.41, 5.74) is 0.348. The number of aromatic nitrogens is 1. The van der Waals surface area contributed by atoms with Gasteiger partial charge in [0.1, 0.15) is 16.5 Å². The maximum atomic E-state index is 13.8. The van der Waals surface area contributed by atoms with Gasteiger partial charge in [-0.15, -0.1) is 11.3 Å². The van der Waals surface area contributed by atoms with Gasteiger partial charge in [-0.3, -0.25) is 0 Å². The molecule has 0 spiro atoms. The van der Waals surface area contributed by atoms with E-state index in [1.807, 2.05) is 0 Å². The van der Waals surface area contributed by atoms with E-state index in [0.29, 0.717) is 9.48 Å². The number of benzene rings is 1. The van der Waals surface area contributed by atoms with Crippen LogP contribution < -0.4 is 0 Å². The standard InChI is InChI=1S/C10H6BrFN2OS/c11-7-3-1-2-6(8(7)12)9(14-15)10-13-4-5-16-10/h1-5,15H/b14-9+. The van der Waals surface area contributed by atoms with Crippen LogP contribution in [0.4, 0.5) is 4.39 Å². The van der Waals surface area contributed by atoms with Crippen LogP contribution in [0.2, 0.25) is 0 Å². The van der Waals surface area contributed by atoms with E-state index in [-0.39, 0.29) is 11.3 Å². The van der Waals surface area contributed by atoms with E-state index in [1.54, 1.807) is 23.7 Å². The van der Waals surface area contributed by atoms with E-state index < -0.39 is 5.82 Å². The fourth-order valence-corrected chi connectivity index (χ4v) is 2.24. The largest absolute Gasteiger partial charge is 0.410 e. The average Bonchev–Trinajstić information content (AvgIpc) is 2.79. The van der Waals surface area contributed by atoms with Gasteiger partial charge in [-0.1, -0.05) is 11.2 Å². The molecule has 0 radical (unpaired) electrons. The number of halogens is 2. The first kappa shape index (κ1) is 11.2. The Morgan fingerprint density at radius 1 is 1.50 bits per heavy atom.